The summed E-state index contributed by atoms with van der Waals surface area (Å²) >= 11 is 1.58. The SMILES string of the molecule is Cc1ncsc1-c1ccc([C@H](C)NC(=O)[C@@H]2C[C@@H](O)CN2C(=O)[C@@H](NC(=O)C2CCC(c3cnc(N4CCC(Oc5cc(-c6ccccc6O)nnc5N)CC4)nc3)CC2)C(C)(C)C)cc1. The van der Waals surface area contributed by atoms with E-state index in [9.17, 15) is 24.6 Å². The number of anilines is 2. The quantitative estimate of drug-likeness (QED) is 0.0923. The van der Waals surface area contributed by atoms with Gasteiger partial charge in [0.2, 0.25) is 23.7 Å². The second-order valence-electron chi connectivity index (χ2n) is 19.0. The van der Waals surface area contributed by atoms with Crippen molar-refractivity contribution in [1.29, 1.82) is 0 Å². The maximum Gasteiger partial charge on any atom is 0.246 e. The average molecular weight is 917 g/mol. The summed E-state index contributed by atoms with van der Waals surface area (Å²) < 4.78 is 6.27. The number of phenolic OH excluding ortho intramolecular Hbond substituents is 1. The molecule has 6 N–H and O–H groups in total. The number of rotatable bonds is 12. The van der Waals surface area contributed by atoms with Gasteiger partial charge in [0.1, 0.15) is 29.6 Å². The molecule has 3 aromatic heterocycles. The molecular weight excluding hydrogens is 857 g/mol. The van der Waals surface area contributed by atoms with E-state index in [4.69, 9.17) is 20.4 Å². The maximum atomic E-state index is 14.3. The number of likely N-dealkylation sites (tertiary alicyclic amines) is 1. The Balaban J connectivity index is 0.816. The Labute approximate surface area is 389 Å². The van der Waals surface area contributed by atoms with Crippen LogP contribution < -0.4 is 26.0 Å². The molecule has 5 aromatic rings. The fourth-order valence-corrected chi connectivity index (χ4v) is 10.1. The van der Waals surface area contributed by atoms with Gasteiger partial charge < -0.3 is 41.1 Å². The van der Waals surface area contributed by atoms with Gasteiger partial charge in [0.15, 0.2) is 11.6 Å². The number of nitrogen functional groups attached to an aromatic ring is 1. The normalized spacial score (nSPS) is 21.2. The molecule has 3 amide bonds. The molecule has 348 valence electrons. The Hall–Kier alpha value is -6.20. The number of amides is 3. The van der Waals surface area contributed by atoms with Crippen molar-refractivity contribution in [1.82, 2.24) is 40.7 Å². The predicted octanol–water partition coefficient (Wildman–Crippen LogP) is 6.35. The van der Waals surface area contributed by atoms with Crippen LogP contribution in [0.4, 0.5) is 11.8 Å². The summed E-state index contributed by atoms with van der Waals surface area (Å²) in [7, 11) is 0. The molecule has 17 heteroatoms. The van der Waals surface area contributed by atoms with Crippen LogP contribution in [0.1, 0.15) is 101 Å². The smallest absolute Gasteiger partial charge is 0.246 e. The minimum Gasteiger partial charge on any atom is -0.507 e. The van der Waals surface area contributed by atoms with Gasteiger partial charge in [-0.25, -0.2) is 15.0 Å². The van der Waals surface area contributed by atoms with Crippen molar-refractivity contribution in [2.24, 2.45) is 11.3 Å². The third-order valence-corrected chi connectivity index (χ3v) is 14.2. The zero-order valence-electron chi connectivity index (χ0n) is 38.2. The van der Waals surface area contributed by atoms with Gasteiger partial charge >= 0.3 is 0 Å². The van der Waals surface area contributed by atoms with Gasteiger partial charge in [0.05, 0.1) is 28.2 Å². The Morgan fingerprint density at radius 2 is 1.61 bits per heavy atom. The molecule has 1 saturated carbocycles. The van der Waals surface area contributed by atoms with Crippen LogP contribution in [0.15, 0.2) is 72.5 Å². The lowest BCUT2D eigenvalue weighted by molar-refractivity contribution is -0.144. The zero-order valence-corrected chi connectivity index (χ0v) is 39.0. The molecule has 5 heterocycles. The average Bonchev–Trinajstić information content (AvgIpc) is 3.94. The van der Waals surface area contributed by atoms with E-state index in [0.717, 1.165) is 52.9 Å². The van der Waals surface area contributed by atoms with Gasteiger partial charge in [0, 0.05) is 68.8 Å². The Kier molecular flexibility index (Phi) is 13.8. The number of carbonyl (C=O) groups is 3. The number of piperidine rings is 1. The first-order chi connectivity index (χ1) is 31.6. The Bertz CT molecular complexity index is 2500. The molecule has 3 fully saturated rings. The lowest BCUT2D eigenvalue weighted by atomic mass is 9.78. The number of aliphatic hydroxyl groups is 1. The number of carbonyl (C=O) groups excluding carboxylic acids is 3. The van der Waals surface area contributed by atoms with Crippen LogP contribution in [0.3, 0.4) is 0 Å². The highest BCUT2D eigenvalue weighted by Gasteiger charge is 2.45. The molecule has 2 aliphatic heterocycles. The van der Waals surface area contributed by atoms with Crippen LogP contribution in [-0.2, 0) is 14.4 Å². The number of hydrogen-bond donors (Lipinski definition) is 5. The first kappa shape index (κ1) is 46.3. The molecule has 4 atom stereocenters. The van der Waals surface area contributed by atoms with Crippen molar-refractivity contribution in [3.05, 3.63) is 89.3 Å². The van der Waals surface area contributed by atoms with Crippen LogP contribution >= 0.6 is 11.3 Å². The minimum absolute atomic E-state index is 0.0126. The fourth-order valence-electron chi connectivity index (χ4n) is 9.32. The van der Waals surface area contributed by atoms with Crippen molar-refractivity contribution < 1.29 is 29.3 Å². The summed E-state index contributed by atoms with van der Waals surface area (Å²) in [6.07, 6.45) is 7.28. The molecule has 66 heavy (non-hydrogen) atoms. The fraction of sp³-hybridized carbons (Fsp3) is 0.469. The summed E-state index contributed by atoms with van der Waals surface area (Å²) in [5, 5.41) is 35.4. The molecule has 0 spiro atoms. The molecule has 16 nitrogen and oxygen atoms in total. The highest BCUT2D eigenvalue weighted by Crippen LogP contribution is 2.37. The number of aromatic nitrogens is 5. The van der Waals surface area contributed by atoms with E-state index in [2.05, 4.69) is 30.7 Å². The van der Waals surface area contributed by atoms with Gasteiger partial charge in [-0.3, -0.25) is 14.4 Å². The minimum atomic E-state index is -0.894. The third kappa shape index (κ3) is 10.4. The topological polar surface area (TPSA) is 222 Å². The van der Waals surface area contributed by atoms with Gasteiger partial charge in [-0.2, -0.15) is 0 Å². The van der Waals surface area contributed by atoms with Gasteiger partial charge in [-0.05, 0) is 79.7 Å². The van der Waals surface area contributed by atoms with Crippen LogP contribution in [0.5, 0.6) is 11.5 Å². The Morgan fingerprint density at radius 3 is 2.26 bits per heavy atom. The van der Waals surface area contributed by atoms with E-state index in [1.54, 1.807) is 35.6 Å². The predicted molar refractivity (Wildman–Crippen MR) is 252 cm³/mol. The molecule has 2 aromatic carbocycles. The molecule has 0 radical (unpaired) electrons. The number of phenols is 1. The molecular formula is C49H60N10O6S. The monoisotopic (exact) mass is 916 g/mol. The van der Waals surface area contributed by atoms with E-state index in [0.29, 0.717) is 48.9 Å². The summed E-state index contributed by atoms with van der Waals surface area (Å²) in [4.78, 5) is 60.5. The summed E-state index contributed by atoms with van der Waals surface area (Å²) in [5.74, 6) is 0.426. The van der Waals surface area contributed by atoms with Crippen molar-refractivity contribution >= 4 is 40.8 Å². The number of nitrogens with one attached hydrogen (secondary N) is 2. The summed E-state index contributed by atoms with van der Waals surface area (Å²) in [6, 6.07) is 14.5. The van der Waals surface area contributed by atoms with E-state index < -0.39 is 23.6 Å². The number of β-amino-alcohol motifs (C(OH)–C–C–N with tert-alkyl or cyclic N) is 1. The van der Waals surface area contributed by atoms with Crippen molar-refractivity contribution in [2.45, 2.75) is 116 Å². The summed E-state index contributed by atoms with van der Waals surface area (Å²) in [5.41, 5.74) is 12.3. The number of thiazole rings is 1. The molecule has 8 rings (SSSR count). The van der Waals surface area contributed by atoms with Crippen molar-refractivity contribution in [3.8, 4) is 33.2 Å². The standard InChI is InChI=1S/C49H60N10O6S/c1-28(30-10-14-32(15-11-30)42-29(2)53-27-66-42)54-46(63)39-22-35(60)26-59(39)47(64)43(49(3,4)5)55-45(62)33-16-12-31(13-17-33)34-24-51-48(52-25-34)58-20-18-36(19-21-58)65-41-23-38(56-57-44(41)50)37-8-6-7-9-40(37)61/h6-11,14-15,23-25,27-28,31,33,35-36,39,43,60-61H,12-13,16-22,26H2,1-5H3,(H2,50,57)(H,54,63)(H,55,62)/t28-,31?,33?,35+,39-,43+/m0/s1. The van der Waals surface area contributed by atoms with Gasteiger partial charge in [0.25, 0.3) is 0 Å². The number of nitrogens with two attached hydrogens (primary N) is 1. The van der Waals surface area contributed by atoms with Crippen molar-refractivity contribution in [3.63, 3.8) is 0 Å². The number of aliphatic hydroxyl groups excluding tert-OH is 1. The highest BCUT2D eigenvalue weighted by atomic mass is 32.1. The number of para-hydroxylation sites is 1. The molecule has 0 unspecified atom stereocenters. The molecule has 0 bridgehead atoms. The highest BCUT2D eigenvalue weighted by molar-refractivity contribution is 7.13. The Morgan fingerprint density at radius 1 is 0.909 bits per heavy atom. The third-order valence-electron chi connectivity index (χ3n) is 13.3. The number of hydrogen-bond acceptors (Lipinski definition) is 14. The number of benzene rings is 2. The van der Waals surface area contributed by atoms with E-state index in [1.807, 2.05) is 82.9 Å². The molecule has 2 saturated heterocycles. The van der Waals surface area contributed by atoms with Gasteiger partial charge in [-0.15, -0.1) is 21.5 Å². The van der Waals surface area contributed by atoms with Crippen LogP contribution in [0.2, 0.25) is 0 Å². The zero-order chi connectivity index (χ0) is 46.7. The van der Waals surface area contributed by atoms with Crippen LogP contribution in [0.25, 0.3) is 21.7 Å². The van der Waals surface area contributed by atoms with Gasteiger partial charge in [-0.1, -0.05) is 57.2 Å². The molecule has 3 aliphatic rings. The number of aromatic hydroxyl groups is 1. The van der Waals surface area contributed by atoms with E-state index in [-0.39, 0.29) is 66.2 Å². The second-order valence-corrected chi connectivity index (χ2v) is 19.8. The second kappa shape index (κ2) is 19.7. The largest absolute Gasteiger partial charge is 0.507 e. The van der Waals surface area contributed by atoms with Crippen molar-refractivity contribution in [2.75, 3.05) is 30.3 Å². The van der Waals surface area contributed by atoms with E-state index in [1.165, 1.54) is 4.90 Å². The first-order valence-electron chi connectivity index (χ1n) is 22.9. The van der Waals surface area contributed by atoms with Crippen LogP contribution in [0, 0.1) is 18.3 Å². The molecule has 1 aliphatic carbocycles. The first-order valence-corrected chi connectivity index (χ1v) is 23.8. The summed E-state index contributed by atoms with van der Waals surface area (Å²) in [6.45, 7) is 11.0. The van der Waals surface area contributed by atoms with E-state index >= 15 is 0 Å². The van der Waals surface area contributed by atoms with Crippen LogP contribution in [-0.4, -0.2) is 102 Å². The number of aryl methyl sites for hydroxylation is 1. The number of ether oxygens (including phenoxy) is 1. The maximum absolute atomic E-state index is 14.3. The number of nitrogens with zero attached hydrogens (tertiary/aromatic N) is 7. The lowest BCUT2D eigenvalue weighted by Gasteiger charge is -2.37. The lowest BCUT2D eigenvalue weighted by Crippen LogP contribution is -2.58.